The molecule has 0 aliphatic carbocycles. The summed E-state index contributed by atoms with van der Waals surface area (Å²) in [6, 6.07) is 0. The van der Waals surface area contributed by atoms with Gasteiger partial charge < -0.3 is 10.2 Å². The molecular formula is C10H17N2O3. The minimum atomic E-state index is -0.885. The molecule has 0 bridgehead atoms. The Kier molecular flexibility index (Phi) is 2.95. The predicted molar refractivity (Wildman–Crippen MR) is 53.4 cm³/mol. The third kappa shape index (κ3) is 2.00. The monoisotopic (exact) mass is 213 g/mol. The van der Waals surface area contributed by atoms with Crippen molar-refractivity contribution in [1.29, 1.82) is 0 Å². The first-order valence-corrected chi connectivity index (χ1v) is 5.47. The van der Waals surface area contributed by atoms with Crippen LogP contribution in [-0.2, 0) is 4.79 Å². The molecule has 2 fully saturated rings. The number of rotatable bonds is 4. The van der Waals surface area contributed by atoms with Crippen molar-refractivity contribution in [1.82, 2.24) is 10.2 Å². The van der Waals surface area contributed by atoms with Gasteiger partial charge in [-0.3, -0.25) is 4.90 Å². The van der Waals surface area contributed by atoms with Crippen molar-refractivity contribution in [3.8, 4) is 0 Å². The van der Waals surface area contributed by atoms with Crippen molar-refractivity contribution in [2.75, 3.05) is 26.2 Å². The molecule has 2 aliphatic rings. The summed E-state index contributed by atoms with van der Waals surface area (Å²) in [6.45, 7) is 2.26. The summed E-state index contributed by atoms with van der Waals surface area (Å²) in [5.74, 6) is -0.265. The first-order valence-electron chi connectivity index (χ1n) is 5.47. The van der Waals surface area contributed by atoms with Crippen molar-refractivity contribution in [2.45, 2.75) is 24.9 Å². The van der Waals surface area contributed by atoms with Crippen LogP contribution in [0.25, 0.3) is 0 Å². The molecule has 5 heteroatoms. The van der Waals surface area contributed by atoms with Crippen LogP contribution in [0.4, 0.5) is 0 Å². The summed E-state index contributed by atoms with van der Waals surface area (Å²) < 4.78 is 0. The van der Waals surface area contributed by atoms with E-state index in [9.17, 15) is 4.79 Å². The SMILES string of the molecule is O=C(O)C1(N2CCC(CCO)CC2)C[N]1. The zero-order valence-corrected chi connectivity index (χ0v) is 8.72. The van der Waals surface area contributed by atoms with Gasteiger partial charge >= 0.3 is 5.97 Å². The first kappa shape index (κ1) is 10.9. The highest BCUT2D eigenvalue weighted by Crippen LogP contribution is 2.31. The molecule has 2 N–H and O–H groups in total. The van der Waals surface area contributed by atoms with Gasteiger partial charge in [-0.05, 0) is 25.2 Å². The number of aliphatic hydroxyl groups is 1. The van der Waals surface area contributed by atoms with Crippen LogP contribution in [0, 0.1) is 5.92 Å². The Labute approximate surface area is 89.1 Å². The Morgan fingerprint density at radius 2 is 2.07 bits per heavy atom. The molecule has 2 rings (SSSR count). The highest BCUT2D eigenvalue weighted by atomic mass is 16.4. The van der Waals surface area contributed by atoms with Gasteiger partial charge in [-0.25, -0.2) is 10.1 Å². The summed E-state index contributed by atoms with van der Waals surface area (Å²) in [6.07, 6.45) is 2.79. The molecule has 0 spiro atoms. The Morgan fingerprint density at radius 3 is 2.47 bits per heavy atom. The van der Waals surface area contributed by atoms with Crippen molar-refractivity contribution in [3.05, 3.63) is 0 Å². The predicted octanol–water partition coefficient (Wildman–Crippen LogP) is -0.520. The molecule has 5 nitrogen and oxygen atoms in total. The molecule has 85 valence electrons. The number of piperidine rings is 1. The molecule has 15 heavy (non-hydrogen) atoms. The van der Waals surface area contributed by atoms with Gasteiger partial charge in [0.15, 0.2) is 0 Å². The molecule has 2 aliphatic heterocycles. The van der Waals surface area contributed by atoms with Gasteiger partial charge in [-0.1, -0.05) is 0 Å². The molecule has 1 radical (unpaired) electrons. The quantitative estimate of drug-likeness (QED) is 0.616. The smallest absolute Gasteiger partial charge is 0.342 e. The maximum absolute atomic E-state index is 11.0. The maximum atomic E-state index is 11.0. The zero-order chi connectivity index (χ0) is 10.9. The van der Waals surface area contributed by atoms with Gasteiger partial charge in [0, 0.05) is 19.7 Å². The minimum absolute atomic E-state index is 0.235. The largest absolute Gasteiger partial charge is 0.479 e. The first-order chi connectivity index (χ1) is 7.19. The lowest BCUT2D eigenvalue weighted by Gasteiger charge is -2.34. The van der Waals surface area contributed by atoms with E-state index in [1.165, 1.54) is 0 Å². The van der Waals surface area contributed by atoms with Gasteiger partial charge in [-0.15, -0.1) is 0 Å². The van der Waals surface area contributed by atoms with Crippen LogP contribution in [0.2, 0.25) is 0 Å². The van der Waals surface area contributed by atoms with Crippen LogP contribution in [0.15, 0.2) is 0 Å². The second kappa shape index (κ2) is 4.08. The molecule has 0 aromatic heterocycles. The minimum Gasteiger partial charge on any atom is -0.479 e. The highest BCUT2D eigenvalue weighted by molar-refractivity contribution is 5.82. The number of carboxylic acids is 1. The maximum Gasteiger partial charge on any atom is 0.342 e. The number of carbonyl (C=O) groups is 1. The topological polar surface area (TPSA) is 74.9 Å². The second-order valence-corrected chi connectivity index (χ2v) is 4.38. The average molecular weight is 213 g/mol. The van der Waals surface area contributed by atoms with E-state index in [4.69, 9.17) is 10.2 Å². The normalized spacial score (nSPS) is 32.9. The summed E-state index contributed by atoms with van der Waals surface area (Å²) in [5.41, 5.74) is -0.885. The Balaban J connectivity index is 1.86. The van der Waals surface area contributed by atoms with Gasteiger partial charge in [0.05, 0.1) is 6.54 Å². The molecule has 1 atom stereocenters. The van der Waals surface area contributed by atoms with E-state index in [0.717, 1.165) is 32.4 Å². The molecule has 1 unspecified atom stereocenters. The van der Waals surface area contributed by atoms with E-state index in [0.29, 0.717) is 12.5 Å². The van der Waals surface area contributed by atoms with Crippen molar-refractivity contribution < 1.29 is 15.0 Å². The molecule has 0 aromatic rings. The van der Waals surface area contributed by atoms with Crippen molar-refractivity contribution >= 4 is 5.97 Å². The van der Waals surface area contributed by atoms with E-state index in [1.54, 1.807) is 0 Å². The van der Waals surface area contributed by atoms with Crippen molar-refractivity contribution in [3.63, 3.8) is 0 Å². The summed E-state index contributed by atoms with van der Waals surface area (Å²) >= 11 is 0. The molecule has 0 amide bonds. The average Bonchev–Trinajstić information content (AvgIpc) is 3.00. The summed E-state index contributed by atoms with van der Waals surface area (Å²) in [5, 5.41) is 21.9. The van der Waals surface area contributed by atoms with E-state index in [-0.39, 0.29) is 6.61 Å². The lowest BCUT2D eigenvalue weighted by atomic mass is 9.93. The Bertz CT molecular complexity index is 245. The molecular weight excluding hydrogens is 196 g/mol. The van der Waals surface area contributed by atoms with Gasteiger partial charge in [-0.2, -0.15) is 0 Å². The highest BCUT2D eigenvalue weighted by Gasteiger charge is 2.57. The zero-order valence-electron chi connectivity index (χ0n) is 8.72. The van der Waals surface area contributed by atoms with Gasteiger partial charge in [0.25, 0.3) is 0 Å². The van der Waals surface area contributed by atoms with Crippen LogP contribution in [-0.4, -0.2) is 53.0 Å². The van der Waals surface area contributed by atoms with E-state index < -0.39 is 11.6 Å². The number of carboxylic acid groups (broad SMARTS) is 1. The number of aliphatic carboxylic acids is 1. The third-order valence-electron chi connectivity index (χ3n) is 3.48. The van der Waals surface area contributed by atoms with Gasteiger partial charge in [0.2, 0.25) is 5.66 Å². The van der Waals surface area contributed by atoms with Crippen LogP contribution >= 0.6 is 0 Å². The van der Waals surface area contributed by atoms with Crippen LogP contribution in [0.1, 0.15) is 19.3 Å². The molecule has 0 saturated carbocycles. The lowest BCUT2D eigenvalue weighted by Crippen LogP contribution is -2.49. The van der Waals surface area contributed by atoms with E-state index in [1.807, 2.05) is 4.90 Å². The summed E-state index contributed by atoms with van der Waals surface area (Å²) in [7, 11) is 0. The Hall–Kier alpha value is -0.650. The van der Waals surface area contributed by atoms with E-state index in [2.05, 4.69) is 5.32 Å². The van der Waals surface area contributed by atoms with Crippen LogP contribution in [0.5, 0.6) is 0 Å². The number of hydrogen-bond acceptors (Lipinski definition) is 3. The Morgan fingerprint density at radius 1 is 1.47 bits per heavy atom. The number of nitrogens with zero attached hydrogens (tertiary/aromatic N) is 2. The summed E-state index contributed by atoms with van der Waals surface area (Å²) in [4.78, 5) is 13.0. The third-order valence-corrected chi connectivity index (χ3v) is 3.48. The number of aliphatic hydroxyl groups excluding tert-OH is 1. The number of likely N-dealkylation sites (tertiary alicyclic amines) is 1. The van der Waals surface area contributed by atoms with Gasteiger partial charge in [0.1, 0.15) is 0 Å². The fourth-order valence-electron chi connectivity index (χ4n) is 2.32. The second-order valence-electron chi connectivity index (χ2n) is 4.38. The lowest BCUT2D eigenvalue weighted by molar-refractivity contribution is -0.146. The number of hydrogen-bond donors (Lipinski definition) is 2. The van der Waals surface area contributed by atoms with Crippen molar-refractivity contribution in [2.24, 2.45) is 5.92 Å². The fourth-order valence-corrected chi connectivity index (χ4v) is 2.32. The van der Waals surface area contributed by atoms with E-state index >= 15 is 0 Å². The van der Waals surface area contributed by atoms with Crippen LogP contribution in [0.3, 0.4) is 0 Å². The van der Waals surface area contributed by atoms with Crippen LogP contribution < -0.4 is 5.32 Å². The molecule has 0 aromatic carbocycles. The standard InChI is InChI=1S/C10H17N2O3/c13-6-3-8-1-4-12(5-2-8)10(7-11-10)9(14)15/h8,13H,1-7H2,(H,14,15). The molecule has 2 heterocycles. The molecule has 2 saturated heterocycles. The fraction of sp³-hybridized carbons (Fsp3) is 0.900.